The van der Waals surface area contributed by atoms with Crippen LogP contribution >= 0.6 is 0 Å². The van der Waals surface area contributed by atoms with E-state index in [4.69, 9.17) is 28.4 Å². The van der Waals surface area contributed by atoms with Gasteiger partial charge in [-0.15, -0.1) is 0 Å². The molecule has 0 saturated carbocycles. The summed E-state index contributed by atoms with van der Waals surface area (Å²) in [6.45, 7) is 2.38. The second-order valence-corrected chi connectivity index (χ2v) is 18.0. The molecule has 0 bridgehead atoms. The number of ether oxygens (including phenoxy) is 6. The summed E-state index contributed by atoms with van der Waals surface area (Å²) >= 11 is 0. The normalized spacial score (nSPS) is 26.1. The van der Waals surface area contributed by atoms with Crippen LogP contribution in [0.2, 0.25) is 0 Å². The van der Waals surface area contributed by atoms with E-state index in [-0.39, 0.29) is 19.4 Å². The van der Waals surface area contributed by atoms with Gasteiger partial charge in [0.25, 0.3) is 0 Å². The van der Waals surface area contributed by atoms with Gasteiger partial charge >= 0.3 is 11.9 Å². The van der Waals surface area contributed by atoms with Crippen molar-refractivity contribution < 1.29 is 73.8 Å². The number of hydrogen-bond donors (Lipinski definition) is 7. The first-order valence-electron chi connectivity index (χ1n) is 26.2. The number of esters is 2. The molecule has 2 aliphatic heterocycles. The zero-order valence-electron chi connectivity index (χ0n) is 42.2. The Labute approximate surface area is 418 Å². The fourth-order valence-electron chi connectivity index (χ4n) is 7.59. The zero-order chi connectivity index (χ0) is 51.0. The molecule has 0 radical (unpaired) electrons. The number of aliphatic hydroxyl groups is 7. The van der Waals surface area contributed by atoms with E-state index in [1.54, 1.807) is 0 Å². The minimum Gasteiger partial charge on any atom is -0.462 e. The third kappa shape index (κ3) is 28.7. The molecule has 0 aromatic carbocycles. The van der Waals surface area contributed by atoms with Crippen LogP contribution in [0.15, 0.2) is 85.1 Å². The summed E-state index contributed by atoms with van der Waals surface area (Å²) in [4.78, 5) is 25.8. The summed E-state index contributed by atoms with van der Waals surface area (Å²) in [6.07, 6.45) is 33.2. The Balaban J connectivity index is 1.83. The molecule has 0 aromatic heterocycles. The first-order chi connectivity index (χ1) is 34.0. The second-order valence-electron chi connectivity index (χ2n) is 18.0. The summed E-state index contributed by atoms with van der Waals surface area (Å²) in [5, 5.41) is 72.1. The van der Waals surface area contributed by atoms with Crippen LogP contribution in [0, 0.1) is 0 Å². The van der Waals surface area contributed by atoms with E-state index in [1.807, 2.05) is 0 Å². The maximum atomic E-state index is 13.0. The first kappa shape index (κ1) is 62.8. The lowest BCUT2D eigenvalue weighted by molar-refractivity contribution is -0.332. The van der Waals surface area contributed by atoms with Gasteiger partial charge in [-0.3, -0.25) is 9.59 Å². The van der Waals surface area contributed by atoms with Crippen LogP contribution in [-0.4, -0.2) is 142 Å². The molecular weight excluding hydrogens is 901 g/mol. The maximum absolute atomic E-state index is 13.0. The molecule has 2 saturated heterocycles. The smallest absolute Gasteiger partial charge is 0.306 e. The molecular formula is C55H90O15. The van der Waals surface area contributed by atoms with Crippen LogP contribution in [0.1, 0.15) is 155 Å². The molecule has 0 aromatic rings. The summed E-state index contributed by atoms with van der Waals surface area (Å²) in [7, 11) is 0. The molecule has 2 fully saturated rings. The van der Waals surface area contributed by atoms with Crippen LogP contribution in [0.3, 0.4) is 0 Å². The Morgan fingerprint density at radius 2 is 0.943 bits per heavy atom. The molecule has 7 N–H and O–H groups in total. The van der Waals surface area contributed by atoms with Crippen LogP contribution in [0.5, 0.6) is 0 Å². The van der Waals surface area contributed by atoms with Gasteiger partial charge < -0.3 is 64.2 Å². The number of aliphatic hydroxyl groups excluding tert-OH is 7. The molecule has 70 heavy (non-hydrogen) atoms. The highest BCUT2D eigenvalue weighted by molar-refractivity contribution is 5.70. The highest BCUT2D eigenvalue weighted by Crippen LogP contribution is 2.26. The van der Waals surface area contributed by atoms with Gasteiger partial charge in [-0.2, -0.15) is 0 Å². The van der Waals surface area contributed by atoms with E-state index >= 15 is 0 Å². The molecule has 0 amide bonds. The largest absolute Gasteiger partial charge is 0.462 e. The molecule has 0 spiro atoms. The molecule has 15 heteroatoms. The van der Waals surface area contributed by atoms with E-state index in [0.717, 1.165) is 89.9 Å². The van der Waals surface area contributed by atoms with E-state index in [2.05, 4.69) is 98.9 Å². The lowest BCUT2D eigenvalue weighted by Crippen LogP contribution is -2.61. The zero-order valence-corrected chi connectivity index (χ0v) is 42.2. The summed E-state index contributed by atoms with van der Waals surface area (Å²) in [5.41, 5.74) is 0. The Hall–Kier alpha value is -3.32. The molecule has 0 aliphatic carbocycles. The van der Waals surface area contributed by atoms with E-state index in [1.165, 1.54) is 25.7 Å². The fraction of sp³-hybridized carbons (Fsp3) is 0.709. The summed E-state index contributed by atoms with van der Waals surface area (Å²) in [5.74, 6) is -0.988. The quantitative estimate of drug-likeness (QED) is 0.0136. The SMILES string of the molecule is CC/C=C/C/C=C/C/C=C/C/C=C/C/C=C/CCCCCC(=O)O[C@H](COC(=O)CCCCCCC/C=C/C=C/CCCCCC)CO[C@H]1O[C@@H](CO[C@H]2O[C@@H](CO)[C@@H](O)C(O)C2O)[C@@H](O)C(O)C1O. The Morgan fingerprint density at radius 1 is 0.486 bits per heavy atom. The number of hydrogen-bond acceptors (Lipinski definition) is 15. The minimum atomic E-state index is -1.78. The van der Waals surface area contributed by atoms with Crippen molar-refractivity contribution in [3.05, 3.63) is 85.1 Å². The van der Waals surface area contributed by atoms with Gasteiger partial charge in [0, 0.05) is 12.8 Å². The second kappa shape index (κ2) is 41.2. The molecule has 2 aliphatic rings. The standard InChI is InChI=1S/C55H90O15/c1-3-5-7-9-11-13-15-17-19-20-21-22-24-26-28-30-32-34-36-38-47(58)68-43(40-65-46(57)37-35-33-31-29-27-25-23-18-16-14-12-10-8-6-4-2)41-66-54-53(64)51(62)49(60)45(70-54)42-67-55-52(63)50(61)48(59)44(39-56)69-55/h5,7,11,13-14,16-19,21-23,26,28,43-45,48-56,59-64H,3-4,6,8-10,12,15,20,24-25,27,29-42H2,1-2H3/b7-5+,13-11+,16-14+,19-17+,22-21+,23-18+,28-26+/t43-,44+,45+,48-,49-,50?,51?,52?,53?,54+,55+/m1/s1. The van der Waals surface area contributed by atoms with Crippen molar-refractivity contribution in [2.45, 2.75) is 223 Å². The van der Waals surface area contributed by atoms with E-state index in [0.29, 0.717) is 12.8 Å². The molecule has 2 heterocycles. The molecule has 15 nitrogen and oxygen atoms in total. The Bertz CT molecular complexity index is 1540. The lowest BCUT2D eigenvalue weighted by atomic mass is 9.98. The van der Waals surface area contributed by atoms with Crippen molar-refractivity contribution in [2.24, 2.45) is 0 Å². The average molecular weight is 991 g/mol. The number of allylic oxidation sites excluding steroid dienone is 14. The summed E-state index contributed by atoms with van der Waals surface area (Å²) in [6, 6.07) is 0. The van der Waals surface area contributed by atoms with Crippen molar-refractivity contribution in [3.63, 3.8) is 0 Å². The third-order valence-corrected chi connectivity index (χ3v) is 11.9. The fourth-order valence-corrected chi connectivity index (χ4v) is 7.59. The number of carbonyl (C=O) groups excluding carboxylic acids is 2. The van der Waals surface area contributed by atoms with E-state index < -0.39 is 99.3 Å². The number of unbranched alkanes of at least 4 members (excludes halogenated alkanes) is 12. The highest BCUT2D eigenvalue weighted by atomic mass is 16.7. The van der Waals surface area contributed by atoms with Crippen LogP contribution < -0.4 is 0 Å². The minimum absolute atomic E-state index is 0.118. The monoisotopic (exact) mass is 991 g/mol. The van der Waals surface area contributed by atoms with Gasteiger partial charge in [0.15, 0.2) is 18.7 Å². The predicted octanol–water partition coefficient (Wildman–Crippen LogP) is 7.60. The molecule has 4 unspecified atom stereocenters. The van der Waals surface area contributed by atoms with Crippen LogP contribution in [-0.2, 0) is 38.0 Å². The summed E-state index contributed by atoms with van der Waals surface area (Å²) < 4.78 is 33.5. The van der Waals surface area contributed by atoms with Crippen LogP contribution in [0.4, 0.5) is 0 Å². The van der Waals surface area contributed by atoms with Crippen LogP contribution in [0.25, 0.3) is 0 Å². The van der Waals surface area contributed by atoms with Gasteiger partial charge in [0.2, 0.25) is 0 Å². The maximum Gasteiger partial charge on any atom is 0.306 e. The van der Waals surface area contributed by atoms with Gasteiger partial charge in [-0.25, -0.2) is 0 Å². The van der Waals surface area contributed by atoms with Crippen molar-refractivity contribution in [1.29, 1.82) is 0 Å². The lowest BCUT2D eigenvalue weighted by Gasteiger charge is -2.42. The highest BCUT2D eigenvalue weighted by Gasteiger charge is 2.47. The van der Waals surface area contributed by atoms with Crippen molar-refractivity contribution in [2.75, 3.05) is 26.4 Å². The molecule has 400 valence electrons. The van der Waals surface area contributed by atoms with Gasteiger partial charge in [0.1, 0.15) is 55.4 Å². The number of carbonyl (C=O) groups is 2. The van der Waals surface area contributed by atoms with Crippen molar-refractivity contribution in [1.82, 2.24) is 0 Å². The van der Waals surface area contributed by atoms with Gasteiger partial charge in [0.05, 0.1) is 19.8 Å². The van der Waals surface area contributed by atoms with Crippen molar-refractivity contribution >= 4 is 11.9 Å². The van der Waals surface area contributed by atoms with Gasteiger partial charge in [-0.05, 0) is 83.5 Å². The predicted molar refractivity (Wildman–Crippen MR) is 270 cm³/mol. The topological polar surface area (TPSA) is 231 Å². The molecule has 11 atom stereocenters. The van der Waals surface area contributed by atoms with E-state index in [9.17, 15) is 45.3 Å². The third-order valence-electron chi connectivity index (χ3n) is 11.9. The average Bonchev–Trinajstić information content (AvgIpc) is 3.35. The van der Waals surface area contributed by atoms with Gasteiger partial charge in [-0.1, -0.05) is 144 Å². The molecule has 2 rings (SSSR count). The first-order valence-corrected chi connectivity index (χ1v) is 26.2. The Morgan fingerprint density at radius 3 is 1.51 bits per heavy atom. The van der Waals surface area contributed by atoms with Crippen molar-refractivity contribution in [3.8, 4) is 0 Å². The Kier molecular flexibility index (Phi) is 36.9. The number of rotatable bonds is 39.